The Morgan fingerprint density at radius 3 is 2.64 bits per heavy atom. The number of rotatable bonds is 1. The van der Waals surface area contributed by atoms with Gasteiger partial charge in [-0.25, -0.2) is 4.79 Å². The van der Waals surface area contributed by atoms with E-state index in [2.05, 4.69) is 26.1 Å². The zero-order valence-electron chi connectivity index (χ0n) is 13.2. The Hall–Kier alpha value is -0.930. The maximum Gasteiger partial charge on any atom is 0.322 e. The number of nitrogens with zero attached hydrogens (tertiary/aromatic N) is 1. The van der Waals surface area contributed by atoms with Gasteiger partial charge < -0.3 is 10.2 Å². The second kappa shape index (κ2) is 5.31. The Morgan fingerprint density at radius 2 is 1.95 bits per heavy atom. The van der Waals surface area contributed by atoms with E-state index in [4.69, 9.17) is 23.2 Å². The topological polar surface area (TPSA) is 32.3 Å². The Labute approximate surface area is 142 Å². The number of hydrogen-bond acceptors (Lipinski definition) is 1. The molecule has 0 spiro atoms. The fourth-order valence-electron chi connectivity index (χ4n) is 4.47. The third-order valence-electron chi connectivity index (χ3n) is 4.85. The molecule has 2 bridgehead atoms. The zero-order chi connectivity index (χ0) is 16.1. The molecule has 0 aromatic heterocycles. The number of likely N-dealkylation sites (tertiary alicyclic amines) is 1. The summed E-state index contributed by atoms with van der Waals surface area (Å²) in [5.74, 6) is 0. The molecule has 2 unspecified atom stereocenters. The summed E-state index contributed by atoms with van der Waals surface area (Å²) in [7, 11) is 0. The monoisotopic (exact) mass is 340 g/mol. The van der Waals surface area contributed by atoms with Crippen molar-refractivity contribution in [3.8, 4) is 0 Å². The zero-order valence-corrected chi connectivity index (χ0v) is 14.8. The third-order valence-corrected chi connectivity index (χ3v) is 5.59. The first-order valence-corrected chi connectivity index (χ1v) is 8.46. The average Bonchev–Trinajstić information content (AvgIpc) is 2.63. The summed E-state index contributed by atoms with van der Waals surface area (Å²) in [5.41, 5.74) is 1.22. The van der Waals surface area contributed by atoms with E-state index in [-0.39, 0.29) is 11.4 Å². The molecule has 1 saturated carbocycles. The van der Waals surface area contributed by atoms with Crippen LogP contribution in [0, 0.1) is 10.8 Å². The van der Waals surface area contributed by atoms with E-state index in [0.717, 1.165) is 19.4 Å². The van der Waals surface area contributed by atoms with Crippen molar-refractivity contribution in [1.29, 1.82) is 0 Å². The molecule has 5 heteroatoms. The van der Waals surface area contributed by atoms with E-state index in [1.54, 1.807) is 18.2 Å². The first-order chi connectivity index (χ1) is 10.2. The summed E-state index contributed by atoms with van der Waals surface area (Å²) in [6, 6.07) is 5.46. The van der Waals surface area contributed by atoms with Gasteiger partial charge in [0, 0.05) is 18.3 Å². The van der Waals surface area contributed by atoms with Gasteiger partial charge in [0.2, 0.25) is 0 Å². The lowest BCUT2D eigenvalue weighted by Gasteiger charge is -2.39. The van der Waals surface area contributed by atoms with Crippen LogP contribution in [0.3, 0.4) is 0 Å². The minimum Gasteiger partial charge on any atom is -0.321 e. The molecule has 2 fully saturated rings. The van der Waals surface area contributed by atoms with Crippen molar-refractivity contribution in [1.82, 2.24) is 4.90 Å². The van der Waals surface area contributed by atoms with Crippen molar-refractivity contribution in [2.75, 3.05) is 11.9 Å². The molecule has 0 radical (unpaired) electrons. The quantitative estimate of drug-likeness (QED) is 0.726. The standard InChI is InChI=1S/C17H22Cl2N2O/c1-16(2)7-12-8-17(3,9-16)10-21(12)15(22)20-11-4-5-13(18)14(19)6-11/h4-6,12H,7-10H2,1-3H3,(H,20,22). The lowest BCUT2D eigenvalue weighted by atomic mass is 9.65. The minimum absolute atomic E-state index is 0.0372. The predicted molar refractivity (Wildman–Crippen MR) is 91.7 cm³/mol. The van der Waals surface area contributed by atoms with E-state index in [1.807, 2.05) is 4.90 Å². The van der Waals surface area contributed by atoms with E-state index in [1.165, 1.54) is 6.42 Å². The Kier molecular flexibility index (Phi) is 3.85. The van der Waals surface area contributed by atoms with Gasteiger partial charge in [0.25, 0.3) is 0 Å². The molecule has 2 aliphatic rings. The molecule has 3 nitrogen and oxygen atoms in total. The van der Waals surface area contributed by atoms with E-state index >= 15 is 0 Å². The Balaban J connectivity index is 1.74. The number of halogens is 2. The average molecular weight is 341 g/mol. The molecular weight excluding hydrogens is 319 g/mol. The molecule has 2 amide bonds. The first-order valence-electron chi connectivity index (χ1n) is 7.70. The minimum atomic E-state index is -0.0372. The van der Waals surface area contributed by atoms with Crippen molar-refractivity contribution in [2.24, 2.45) is 10.8 Å². The third kappa shape index (κ3) is 3.07. The smallest absolute Gasteiger partial charge is 0.321 e. The van der Waals surface area contributed by atoms with Crippen LogP contribution in [0.5, 0.6) is 0 Å². The largest absolute Gasteiger partial charge is 0.322 e. The molecule has 1 heterocycles. The number of benzene rings is 1. The van der Waals surface area contributed by atoms with E-state index < -0.39 is 0 Å². The fraction of sp³-hybridized carbons (Fsp3) is 0.588. The van der Waals surface area contributed by atoms with Crippen molar-refractivity contribution < 1.29 is 4.79 Å². The summed E-state index contributed by atoms with van der Waals surface area (Å²) in [6.07, 6.45) is 3.34. The van der Waals surface area contributed by atoms with Gasteiger partial charge in [-0.05, 0) is 48.3 Å². The number of anilines is 1. The van der Waals surface area contributed by atoms with Gasteiger partial charge in [-0.1, -0.05) is 44.0 Å². The van der Waals surface area contributed by atoms with Crippen molar-refractivity contribution in [3.05, 3.63) is 28.2 Å². The normalized spacial score (nSPS) is 29.5. The number of fused-ring (bicyclic) bond motifs is 2. The van der Waals surface area contributed by atoms with Crippen LogP contribution >= 0.6 is 23.2 Å². The van der Waals surface area contributed by atoms with Crippen molar-refractivity contribution in [3.63, 3.8) is 0 Å². The lowest BCUT2D eigenvalue weighted by Crippen LogP contribution is -2.40. The van der Waals surface area contributed by atoms with Gasteiger partial charge in [0.15, 0.2) is 0 Å². The number of nitrogens with one attached hydrogen (secondary N) is 1. The molecule has 1 aliphatic carbocycles. The van der Waals surface area contributed by atoms with Gasteiger partial charge in [-0.2, -0.15) is 0 Å². The number of carbonyl (C=O) groups excluding carboxylic acids is 1. The van der Waals surface area contributed by atoms with Crippen LogP contribution in [-0.4, -0.2) is 23.5 Å². The number of amides is 2. The van der Waals surface area contributed by atoms with Gasteiger partial charge >= 0.3 is 6.03 Å². The van der Waals surface area contributed by atoms with Crippen LogP contribution in [0.15, 0.2) is 18.2 Å². The second-order valence-electron chi connectivity index (χ2n) is 7.90. The van der Waals surface area contributed by atoms with Crippen LogP contribution in [0.2, 0.25) is 10.0 Å². The number of hydrogen-bond donors (Lipinski definition) is 1. The molecule has 22 heavy (non-hydrogen) atoms. The molecule has 120 valence electrons. The van der Waals surface area contributed by atoms with E-state index in [9.17, 15) is 4.79 Å². The highest BCUT2D eigenvalue weighted by Gasteiger charge is 2.50. The van der Waals surface area contributed by atoms with Gasteiger partial charge in [0.05, 0.1) is 10.0 Å². The summed E-state index contributed by atoms with van der Waals surface area (Å²) < 4.78 is 0. The fourth-order valence-corrected chi connectivity index (χ4v) is 4.76. The molecule has 1 saturated heterocycles. The molecule has 1 aromatic rings. The molecule has 1 aliphatic heterocycles. The first kappa shape index (κ1) is 15.9. The maximum absolute atomic E-state index is 12.6. The molecular formula is C17H22Cl2N2O. The second-order valence-corrected chi connectivity index (χ2v) is 8.72. The summed E-state index contributed by atoms with van der Waals surface area (Å²) >= 11 is 11.9. The molecule has 1 aromatic carbocycles. The predicted octanol–water partition coefficient (Wildman–Crippen LogP) is 5.43. The van der Waals surface area contributed by atoms with Crippen LogP contribution < -0.4 is 5.32 Å². The highest BCUT2D eigenvalue weighted by atomic mass is 35.5. The molecule has 3 rings (SSSR count). The van der Waals surface area contributed by atoms with Crippen LogP contribution in [0.25, 0.3) is 0 Å². The van der Waals surface area contributed by atoms with Crippen molar-refractivity contribution in [2.45, 2.75) is 46.1 Å². The highest BCUT2D eigenvalue weighted by molar-refractivity contribution is 6.42. The lowest BCUT2D eigenvalue weighted by molar-refractivity contribution is 0.130. The number of urea groups is 1. The maximum atomic E-state index is 12.6. The molecule has 1 N–H and O–H groups in total. The molecule has 2 atom stereocenters. The van der Waals surface area contributed by atoms with Crippen LogP contribution in [0.4, 0.5) is 10.5 Å². The number of carbonyl (C=O) groups is 1. The Bertz CT molecular complexity index is 617. The van der Waals surface area contributed by atoms with Crippen LogP contribution in [0.1, 0.15) is 40.0 Å². The van der Waals surface area contributed by atoms with Gasteiger partial charge in [0.1, 0.15) is 0 Å². The van der Waals surface area contributed by atoms with Crippen molar-refractivity contribution >= 4 is 34.9 Å². The highest BCUT2D eigenvalue weighted by Crippen LogP contribution is 2.52. The summed E-state index contributed by atoms with van der Waals surface area (Å²) in [6.45, 7) is 7.73. The van der Waals surface area contributed by atoms with Gasteiger partial charge in [-0.15, -0.1) is 0 Å². The summed E-state index contributed by atoms with van der Waals surface area (Å²) in [4.78, 5) is 14.6. The van der Waals surface area contributed by atoms with E-state index in [0.29, 0.717) is 27.2 Å². The SMILES string of the molecule is CC1(C)CC2CC(C)(CN2C(=O)Nc2ccc(Cl)c(Cl)c2)C1. The van der Waals surface area contributed by atoms with Gasteiger partial charge in [-0.3, -0.25) is 0 Å². The summed E-state index contributed by atoms with van der Waals surface area (Å²) in [5, 5.41) is 3.90. The Morgan fingerprint density at radius 1 is 1.23 bits per heavy atom. The van der Waals surface area contributed by atoms with Crippen LogP contribution in [-0.2, 0) is 0 Å².